The molecule has 35 heavy (non-hydrogen) atoms. The molecule has 0 aliphatic carbocycles. The smallest absolute Gasteiger partial charge is 0.343 e. The molecule has 1 amide bonds. The van der Waals surface area contributed by atoms with Gasteiger partial charge in [0.15, 0.2) is 11.5 Å². The minimum Gasteiger partial charge on any atom is -0.497 e. The maximum Gasteiger partial charge on any atom is 0.343 e. The van der Waals surface area contributed by atoms with Crippen LogP contribution in [0.5, 0.6) is 23.0 Å². The van der Waals surface area contributed by atoms with Gasteiger partial charge in [-0.05, 0) is 55.0 Å². The van der Waals surface area contributed by atoms with E-state index in [1.807, 2.05) is 6.07 Å². The van der Waals surface area contributed by atoms with Crippen LogP contribution in [0.2, 0.25) is 0 Å². The molecule has 0 aliphatic heterocycles. The van der Waals surface area contributed by atoms with Crippen molar-refractivity contribution in [2.24, 2.45) is 0 Å². The van der Waals surface area contributed by atoms with E-state index in [9.17, 15) is 14.9 Å². The van der Waals surface area contributed by atoms with Crippen LogP contribution in [0.1, 0.15) is 28.6 Å². The third-order valence-electron chi connectivity index (χ3n) is 4.74. The number of hydrogen-bond acceptors (Lipinski definition) is 8. The van der Waals surface area contributed by atoms with Gasteiger partial charge >= 0.3 is 5.97 Å². The highest BCUT2D eigenvalue weighted by Gasteiger charge is 2.16. The van der Waals surface area contributed by atoms with Crippen molar-refractivity contribution in [3.8, 4) is 29.1 Å². The number of carbonyl (C=O) groups excluding carboxylic acids is 2. The van der Waals surface area contributed by atoms with Gasteiger partial charge in [0.2, 0.25) is 0 Å². The molecule has 1 aromatic heterocycles. The first-order chi connectivity index (χ1) is 17.0. The topological polar surface area (TPSA) is 120 Å². The molecule has 0 saturated carbocycles. The Bertz CT molecular complexity index is 1230. The Balaban J connectivity index is 1.80. The van der Waals surface area contributed by atoms with Crippen LogP contribution in [0, 0.1) is 11.3 Å². The number of methoxy groups -OCH3 is 2. The number of nitriles is 1. The minimum atomic E-state index is -0.638. The lowest BCUT2D eigenvalue weighted by molar-refractivity contribution is -0.117. The third kappa shape index (κ3) is 6.65. The van der Waals surface area contributed by atoms with Gasteiger partial charge in [-0.15, -0.1) is 0 Å². The zero-order valence-electron chi connectivity index (χ0n) is 19.5. The highest BCUT2D eigenvalue weighted by Crippen LogP contribution is 2.31. The molecule has 0 aliphatic rings. The van der Waals surface area contributed by atoms with E-state index in [0.29, 0.717) is 29.4 Å². The lowest BCUT2D eigenvalue weighted by Gasteiger charge is -2.13. The van der Waals surface area contributed by atoms with Gasteiger partial charge in [-0.2, -0.15) is 5.26 Å². The highest BCUT2D eigenvalue weighted by molar-refractivity contribution is 6.01. The molecule has 0 radical (unpaired) electrons. The summed E-state index contributed by atoms with van der Waals surface area (Å²) in [6.07, 6.45) is 2.91. The summed E-state index contributed by atoms with van der Waals surface area (Å²) in [5.41, 5.74) is 0.640. The number of hydrogen-bond donors (Lipinski definition) is 1. The molecule has 1 N–H and O–H groups in total. The number of nitrogens with one attached hydrogen (secondary N) is 1. The van der Waals surface area contributed by atoms with Crippen LogP contribution in [0.25, 0.3) is 6.08 Å². The maximum atomic E-state index is 12.8. The van der Waals surface area contributed by atoms with E-state index in [2.05, 4.69) is 5.32 Å². The summed E-state index contributed by atoms with van der Waals surface area (Å²) in [6.45, 7) is 2.24. The maximum absolute atomic E-state index is 12.8. The van der Waals surface area contributed by atoms with Crippen molar-refractivity contribution in [2.45, 2.75) is 13.5 Å². The summed E-state index contributed by atoms with van der Waals surface area (Å²) in [4.78, 5) is 25.2. The Kier molecular flexibility index (Phi) is 8.51. The number of furan rings is 1. The number of esters is 1. The molecule has 0 fully saturated rings. The first-order valence-electron chi connectivity index (χ1n) is 10.6. The Labute approximate surface area is 202 Å². The quantitative estimate of drug-likeness (QED) is 0.201. The number of carbonyl (C=O) groups is 2. The molecule has 0 spiro atoms. The average molecular weight is 476 g/mol. The van der Waals surface area contributed by atoms with Gasteiger partial charge < -0.3 is 28.7 Å². The standard InChI is InChI=1S/C26H24N2O7/c1-4-33-24-11-17(10-19(15-27)25(29)28-16-20-6-5-9-34-20)7-8-23(24)35-26(30)18-12-21(31-2)14-22(13-18)32-3/h5-14H,4,16H2,1-3H3,(H,28,29). The summed E-state index contributed by atoms with van der Waals surface area (Å²) in [5.74, 6) is 0.710. The summed E-state index contributed by atoms with van der Waals surface area (Å²) < 4.78 is 26.7. The van der Waals surface area contributed by atoms with E-state index in [0.717, 1.165) is 0 Å². The van der Waals surface area contributed by atoms with Crippen molar-refractivity contribution in [1.82, 2.24) is 5.32 Å². The fourth-order valence-corrected chi connectivity index (χ4v) is 3.04. The second kappa shape index (κ2) is 12.0. The number of benzene rings is 2. The summed E-state index contributed by atoms with van der Waals surface area (Å²) in [5, 5.41) is 12.1. The molecule has 0 saturated heterocycles. The molecular weight excluding hydrogens is 452 g/mol. The third-order valence-corrected chi connectivity index (χ3v) is 4.74. The van der Waals surface area contributed by atoms with Crippen molar-refractivity contribution in [2.75, 3.05) is 20.8 Å². The Morgan fingerprint density at radius 2 is 1.80 bits per heavy atom. The molecule has 1 heterocycles. The zero-order chi connectivity index (χ0) is 25.2. The average Bonchev–Trinajstić information content (AvgIpc) is 3.40. The highest BCUT2D eigenvalue weighted by atomic mass is 16.6. The van der Waals surface area contributed by atoms with Gasteiger partial charge in [0.1, 0.15) is 28.9 Å². The molecule has 3 aromatic rings. The van der Waals surface area contributed by atoms with Gasteiger partial charge in [-0.1, -0.05) is 6.07 Å². The second-order valence-electron chi connectivity index (χ2n) is 7.06. The van der Waals surface area contributed by atoms with E-state index >= 15 is 0 Å². The van der Waals surface area contributed by atoms with Gasteiger partial charge in [-0.3, -0.25) is 4.79 Å². The molecule has 0 atom stereocenters. The van der Waals surface area contributed by atoms with Gasteiger partial charge in [0, 0.05) is 6.07 Å². The molecule has 9 heteroatoms. The lowest BCUT2D eigenvalue weighted by atomic mass is 10.1. The predicted molar refractivity (Wildman–Crippen MR) is 126 cm³/mol. The second-order valence-corrected chi connectivity index (χ2v) is 7.06. The first kappa shape index (κ1) is 24.9. The van der Waals surface area contributed by atoms with Crippen LogP contribution in [0.4, 0.5) is 0 Å². The van der Waals surface area contributed by atoms with Gasteiger partial charge in [0.05, 0.1) is 39.2 Å². The summed E-state index contributed by atoms with van der Waals surface area (Å²) >= 11 is 0. The number of rotatable bonds is 10. The lowest BCUT2D eigenvalue weighted by Crippen LogP contribution is -2.23. The minimum absolute atomic E-state index is 0.104. The normalized spacial score (nSPS) is 10.7. The van der Waals surface area contributed by atoms with Gasteiger partial charge in [-0.25, -0.2) is 4.79 Å². The van der Waals surface area contributed by atoms with Crippen LogP contribution in [-0.2, 0) is 11.3 Å². The Morgan fingerprint density at radius 3 is 2.40 bits per heavy atom. The van der Waals surface area contributed by atoms with E-state index in [1.54, 1.807) is 37.3 Å². The van der Waals surface area contributed by atoms with Crippen LogP contribution < -0.4 is 24.3 Å². The molecule has 180 valence electrons. The first-order valence-corrected chi connectivity index (χ1v) is 10.6. The van der Waals surface area contributed by atoms with Crippen molar-refractivity contribution >= 4 is 18.0 Å². The van der Waals surface area contributed by atoms with Crippen LogP contribution in [0.15, 0.2) is 64.8 Å². The van der Waals surface area contributed by atoms with Crippen LogP contribution >= 0.6 is 0 Å². The monoisotopic (exact) mass is 476 g/mol. The van der Waals surface area contributed by atoms with Gasteiger partial charge in [0.25, 0.3) is 5.91 Å². The Hall–Kier alpha value is -4.71. The van der Waals surface area contributed by atoms with Crippen molar-refractivity contribution in [3.63, 3.8) is 0 Å². The largest absolute Gasteiger partial charge is 0.497 e. The van der Waals surface area contributed by atoms with E-state index in [4.69, 9.17) is 23.4 Å². The number of amides is 1. The van der Waals surface area contributed by atoms with Crippen LogP contribution in [0.3, 0.4) is 0 Å². The predicted octanol–water partition coefficient (Wildman–Crippen LogP) is 4.14. The van der Waals surface area contributed by atoms with E-state index in [-0.39, 0.29) is 29.2 Å². The van der Waals surface area contributed by atoms with Crippen molar-refractivity contribution in [3.05, 3.63) is 77.3 Å². The zero-order valence-corrected chi connectivity index (χ0v) is 19.5. The van der Waals surface area contributed by atoms with E-state index < -0.39 is 11.9 Å². The molecule has 3 rings (SSSR count). The molecule has 0 bridgehead atoms. The Morgan fingerprint density at radius 1 is 1.06 bits per heavy atom. The summed E-state index contributed by atoms with van der Waals surface area (Å²) in [6, 6.07) is 14.7. The fraction of sp³-hybridized carbons (Fsp3) is 0.192. The molecule has 0 unspecified atom stereocenters. The molecule has 2 aromatic carbocycles. The van der Waals surface area contributed by atoms with E-state index in [1.165, 1.54) is 44.8 Å². The SMILES string of the molecule is CCOc1cc(C=C(C#N)C(=O)NCc2ccco2)ccc1OC(=O)c1cc(OC)cc(OC)c1. The van der Waals surface area contributed by atoms with Crippen molar-refractivity contribution in [1.29, 1.82) is 5.26 Å². The van der Waals surface area contributed by atoms with Crippen molar-refractivity contribution < 1.29 is 33.0 Å². The summed E-state index contributed by atoms with van der Waals surface area (Å²) in [7, 11) is 2.96. The van der Waals surface area contributed by atoms with Crippen LogP contribution in [-0.4, -0.2) is 32.7 Å². The molecule has 9 nitrogen and oxygen atoms in total. The molecular formula is C26H24N2O7. The number of nitrogens with zero attached hydrogens (tertiary/aromatic N) is 1. The number of ether oxygens (including phenoxy) is 4. The fourth-order valence-electron chi connectivity index (χ4n) is 3.04.